The zero-order valence-corrected chi connectivity index (χ0v) is 13.4. The molecule has 1 aliphatic rings. The lowest BCUT2D eigenvalue weighted by molar-refractivity contribution is 0.425. The average Bonchev–Trinajstić information content (AvgIpc) is 2.70. The maximum Gasteiger partial charge on any atom is 0.0361 e. The molecule has 0 saturated heterocycles. The highest BCUT2D eigenvalue weighted by Crippen LogP contribution is 2.25. The lowest BCUT2D eigenvalue weighted by Crippen LogP contribution is -2.28. The molecule has 112 valence electrons. The monoisotopic (exact) mass is 274 g/mol. The van der Waals surface area contributed by atoms with E-state index in [1.165, 1.54) is 49.8 Å². The molecule has 0 aliphatic heterocycles. The molecule has 0 heterocycles. The molecule has 2 nitrogen and oxygen atoms in total. The topological polar surface area (TPSA) is 15.3 Å². The zero-order valence-electron chi connectivity index (χ0n) is 13.4. The molecule has 1 aliphatic carbocycles. The van der Waals surface area contributed by atoms with E-state index in [0.717, 1.165) is 18.5 Å². The molecule has 0 aromatic heterocycles. The van der Waals surface area contributed by atoms with Crippen molar-refractivity contribution in [2.75, 3.05) is 19.0 Å². The quantitative estimate of drug-likeness (QED) is 0.810. The summed E-state index contributed by atoms with van der Waals surface area (Å²) in [7, 11) is 4.17. The molecule has 2 unspecified atom stereocenters. The van der Waals surface area contributed by atoms with Crippen LogP contribution in [0.5, 0.6) is 0 Å². The highest BCUT2D eigenvalue weighted by atomic mass is 15.1. The van der Waals surface area contributed by atoms with Gasteiger partial charge in [0.05, 0.1) is 0 Å². The summed E-state index contributed by atoms with van der Waals surface area (Å²) < 4.78 is 0. The van der Waals surface area contributed by atoms with Gasteiger partial charge in [0.1, 0.15) is 0 Å². The molecule has 2 atom stereocenters. The Morgan fingerprint density at radius 2 is 1.80 bits per heavy atom. The van der Waals surface area contributed by atoms with Crippen LogP contribution in [-0.2, 0) is 6.54 Å². The summed E-state index contributed by atoms with van der Waals surface area (Å²) in [6.07, 6.45) is 8.31. The molecule has 2 heteroatoms. The van der Waals surface area contributed by atoms with Crippen molar-refractivity contribution in [3.8, 4) is 0 Å². The molecule has 0 spiro atoms. The lowest BCUT2D eigenvalue weighted by Gasteiger charge is -2.17. The number of hydrogen-bond donors (Lipinski definition) is 1. The van der Waals surface area contributed by atoms with Crippen molar-refractivity contribution in [2.24, 2.45) is 5.92 Å². The van der Waals surface area contributed by atoms with Gasteiger partial charge in [0, 0.05) is 32.4 Å². The molecule has 1 aromatic carbocycles. The molecule has 1 saturated carbocycles. The lowest BCUT2D eigenvalue weighted by atomic mass is 9.98. The second-order valence-corrected chi connectivity index (χ2v) is 6.42. The second kappa shape index (κ2) is 7.68. The van der Waals surface area contributed by atoms with Gasteiger partial charge in [0.2, 0.25) is 0 Å². The van der Waals surface area contributed by atoms with Gasteiger partial charge in [-0.05, 0) is 42.9 Å². The van der Waals surface area contributed by atoms with E-state index in [1.54, 1.807) is 0 Å². The van der Waals surface area contributed by atoms with Gasteiger partial charge in [0.25, 0.3) is 0 Å². The third-order valence-electron chi connectivity index (χ3n) is 4.71. The predicted octanol–water partition coefficient (Wildman–Crippen LogP) is 4.20. The Balaban J connectivity index is 1.79. The van der Waals surface area contributed by atoms with Crippen LogP contribution in [-0.4, -0.2) is 20.1 Å². The Bertz CT molecular complexity index is 383. The van der Waals surface area contributed by atoms with E-state index in [2.05, 4.69) is 55.5 Å². The third-order valence-corrected chi connectivity index (χ3v) is 4.71. The van der Waals surface area contributed by atoms with Crippen molar-refractivity contribution in [2.45, 2.75) is 58.0 Å². The van der Waals surface area contributed by atoms with Crippen molar-refractivity contribution in [3.05, 3.63) is 29.8 Å². The normalized spacial score (nSPS) is 23.4. The average molecular weight is 274 g/mol. The van der Waals surface area contributed by atoms with E-state index < -0.39 is 0 Å². The first-order chi connectivity index (χ1) is 9.69. The molecule has 1 aromatic rings. The van der Waals surface area contributed by atoms with Crippen LogP contribution in [0.1, 0.15) is 51.0 Å². The zero-order chi connectivity index (χ0) is 14.4. The second-order valence-electron chi connectivity index (χ2n) is 6.42. The molecule has 20 heavy (non-hydrogen) atoms. The molecular formula is C18H30N2. The van der Waals surface area contributed by atoms with Gasteiger partial charge in [0.15, 0.2) is 0 Å². The molecule has 0 amide bonds. The number of rotatable bonds is 5. The minimum absolute atomic E-state index is 0.722. The first kappa shape index (κ1) is 15.4. The van der Waals surface area contributed by atoms with Gasteiger partial charge < -0.3 is 10.2 Å². The maximum atomic E-state index is 3.76. The van der Waals surface area contributed by atoms with Gasteiger partial charge in [-0.25, -0.2) is 0 Å². The van der Waals surface area contributed by atoms with E-state index in [-0.39, 0.29) is 0 Å². The highest BCUT2D eigenvalue weighted by molar-refractivity contribution is 5.45. The summed E-state index contributed by atoms with van der Waals surface area (Å²) in [5, 5.41) is 3.76. The fourth-order valence-corrected chi connectivity index (χ4v) is 3.16. The van der Waals surface area contributed by atoms with Crippen LogP contribution in [0, 0.1) is 5.92 Å². The minimum Gasteiger partial charge on any atom is -0.378 e. The SMILES string of the molecule is CCC1CCCC(NCc2ccc(N(C)C)cc2)CC1. The van der Waals surface area contributed by atoms with Crippen LogP contribution in [0.15, 0.2) is 24.3 Å². The van der Waals surface area contributed by atoms with E-state index in [9.17, 15) is 0 Å². The van der Waals surface area contributed by atoms with Crippen molar-refractivity contribution < 1.29 is 0 Å². The molecule has 1 fully saturated rings. The van der Waals surface area contributed by atoms with Crippen LogP contribution in [0.25, 0.3) is 0 Å². The van der Waals surface area contributed by atoms with Crippen molar-refractivity contribution in [3.63, 3.8) is 0 Å². The van der Waals surface area contributed by atoms with Crippen LogP contribution in [0.3, 0.4) is 0 Å². The van der Waals surface area contributed by atoms with Gasteiger partial charge in [-0.3, -0.25) is 0 Å². The highest BCUT2D eigenvalue weighted by Gasteiger charge is 2.17. The number of benzene rings is 1. The van der Waals surface area contributed by atoms with E-state index in [0.29, 0.717) is 0 Å². The van der Waals surface area contributed by atoms with Crippen LogP contribution < -0.4 is 10.2 Å². The van der Waals surface area contributed by atoms with E-state index in [4.69, 9.17) is 0 Å². The molecule has 0 bridgehead atoms. The molecule has 0 radical (unpaired) electrons. The number of anilines is 1. The largest absolute Gasteiger partial charge is 0.378 e. The number of hydrogen-bond acceptors (Lipinski definition) is 2. The fourth-order valence-electron chi connectivity index (χ4n) is 3.16. The third kappa shape index (κ3) is 4.52. The Morgan fingerprint density at radius 1 is 1.05 bits per heavy atom. The van der Waals surface area contributed by atoms with Gasteiger partial charge >= 0.3 is 0 Å². The van der Waals surface area contributed by atoms with Crippen molar-refractivity contribution >= 4 is 5.69 Å². The number of nitrogens with one attached hydrogen (secondary N) is 1. The van der Waals surface area contributed by atoms with Crippen molar-refractivity contribution in [1.82, 2.24) is 5.32 Å². The van der Waals surface area contributed by atoms with Gasteiger partial charge in [-0.15, -0.1) is 0 Å². The Kier molecular flexibility index (Phi) is 5.90. The number of nitrogens with zero attached hydrogens (tertiary/aromatic N) is 1. The predicted molar refractivity (Wildman–Crippen MR) is 88.3 cm³/mol. The molecule has 2 rings (SSSR count). The summed E-state index contributed by atoms with van der Waals surface area (Å²) in [6.45, 7) is 3.35. The van der Waals surface area contributed by atoms with Crippen LogP contribution in [0.2, 0.25) is 0 Å². The summed E-state index contributed by atoms with van der Waals surface area (Å²) in [5.41, 5.74) is 2.67. The van der Waals surface area contributed by atoms with E-state index in [1.807, 2.05) is 0 Å². The summed E-state index contributed by atoms with van der Waals surface area (Å²) >= 11 is 0. The summed E-state index contributed by atoms with van der Waals surface area (Å²) in [4.78, 5) is 2.15. The van der Waals surface area contributed by atoms with Crippen LogP contribution in [0.4, 0.5) is 5.69 Å². The van der Waals surface area contributed by atoms with Crippen molar-refractivity contribution in [1.29, 1.82) is 0 Å². The smallest absolute Gasteiger partial charge is 0.0361 e. The fraction of sp³-hybridized carbons (Fsp3) is 0.667. The molecule has 1 N–H and O–H groups in total. The Labute approximate surface area is 124 Å². The van der Waals surface area contributed by atoms with Gasteiger partial charge in [-0.1, -0.05) is 38.3 Å². The standard InChI is InChI=1S/C18H30N2/c1-4-15-6-5-7-17(11-8-15)19-14-16-9-12-18(13-10-16)20(2)3/h9-10,12-13,15,17,19H,4-8,11,14H2,1-3H3. The Hall–Kier alpha value is -1.02. The van der Waals surface area contributed by atoms with Gasteiger partial charge in [-0.2, -0.15) is 0 Å². The Morgan fingerprint density at radius 3 is 2.45 bits per heavy atom. The molecular weight excluding hydrogens is 244 g/mol. The summed E-state index contributed by atoms with van der Waals surface area (Å²) in [6, 6.07) is 9.62. The summed E-state index contributed by atoms with van der Waals surface area (Å²) in [5.74, 6) is 0.973. The maximum absolute atomic E-state index is 3.76. The first-order valence-electron chi connectivity index (χ1n) is 8.18. The first-order valence-corrected chi connectivity index (χ1v) is 8.18. The van der Waals surface area contributed by atoms with Crippen LogP contribution >= 0.6 is 0 Å². The van der Waals surface area contributed by atoms with E-state index >= 15 is 0 Å². The minimum atomic E-state index is 0.722.